The van der Waals surface area contributed by atoms with E-state index in [0.717, 1.165) is 12.8 Å². The largest absolute Gasteiger partial charge is 0.299 e. The van der Waals surface area contributed by atoms with Crippen LogP contribution in [0.3, 0.4) is 0 Å². The Balaban J connectivity index is 1.55. The van der Waals surface area contributed by atoms with Gasteiger partial charge in [0.2, 0.25) is 0 Å². The number of rotatable bonds is 12. The Hall–Kier alpha value is -0.670. The number of hydrogen-bond donors (Lipinski definition) is 0. The van der Waals surface area contributed by atoms with E-state index in [1.54, 1.807) is 0 Å². The summed E-state index contributed by atoms with van der Waals surface area (Å²) in [7, 11) is 0. The van der Waals surface area contributed by atoms with Gasteiger partial charge in [0.1, 0.15) is 17.5 Å². The molecule has 3 nitrogen and oxygen atoms in total. The van der Waals surface area contributed by atoms with Crippen LogP contribution >= 0.6 is 0 Å². The zero-order chi connectivity index (χ0) is 18.8. The maximum atomic E-state index is 12.1. The third-order valence-electron chi connectivity index (χ3n) is 6.36. The van der Waals surface area contributed by atoms with Crippen molar-refractivity contribution in [3.63, 3.8) is 0 Å². The minimum absolute atomic E-state index is 0.0218. The average Bonchev–Trinajstić information content (AvgIpc) is 2.63. The van der Waals surface area contributed by atoms with Crippen LogP contribution in [0.15, 0.2) is 12.2 Å². The third-order valence-corrected chi connectivity index (χ3v) is 6.36. The predicted octanol–water partition coefficient (Wildman–Crippen LogP) is 6.56. The summed E-state index contributed by atoms with van der Waals surface area (Å²) in [6.07, 6.45) is 20.7. The van der Waals surface area contributed by atoms with Crippen molar-refractivity contribution < 1.29 is 14.6 Å². The van der Waals surface area contributed by atoms with Crippen LogP contribution in [0.2, 0.25) is 0 Å². The SMILES string of the molecule is CCCCCCCCCCCCC=C[C@@]1(C)OO[C@@H]2C[C@H]1CC(=O)[C@@H]2C. The minimum Gasteiger partial charge on any atom is -0.299 e. The minimum atomic E-state index is -0.440. The molecule has 2 aliphatic rings. The zero-order valence-electron chi connectivity index (χ0n) is 17.3. The second-order valence-electron chi connectivity index (χ2n) is 8.67. The molecule has 0 spiro atoms. The van der Waals surface area contributed by atoms with Crippen molar-refractivity contribution in [3.8, 4) is 0 Å². The van der Waals surface area contributed by atoms with Gasteiger partial charge >= 0.3 is 0 Å². The Morgan fingerprint density at radius 1 is 1.04 bits per heavy atom. The molecule has 1 aliphatic carbocycles. The van der Waals surface area contributed by atoms with Crippen molar-refractivity contribution in [2.45, 2.75) is 116 Å². The van der Waals surface area contributed by atoms with Crippen molar-refractivity contribution in [2.75, 3.05) is 0 Å². The second-order valence-corrected chi connectivity index (χ2v) is 8.67. The molecule has 150 valence electrons. The van der Waals surface area contributed by atoms with Gasteiger partial charge in [-0.05, 0) is 26.2 Å². The molecule has 0 aromatic rings. The first-order valence-electron chi connectivity index (χ1n) is 11.1. The molecule has 2 rings (SSSR count). The summed E-state index contributed by atoms with van der Waals surface area (Å²) >= 11 is 0. The topological polar surface area (TPSA) is 35.5 Å². The number of Topliss-reactive ketones (excluding diaryl/α,β-unsaturated/α-hetero) is 1. The van der Waals surface area contributed by atoms with Gasteiger partial charge in [0, 0.05) is 18.3 Å². The van der Waals surface area contributed by atoms with Crippen molar-refractivity contribution in [3.05, 3.63) is 12.2 Å². The van der Waals surface area contributed by atoms with Crippen molar-refractivity contribution in [1.29, 1.82) is 0 Å². The lowest BCUT2D eigenvalue weighted by atomic mass is 9.71. The van der Waals surface area contributed by atoms with Crippen LogP contribution in [0.1, 0.15) is 104 Å². The molecule has 2 bridgehead atoms. The molecule has 1 aliphatic heterocycles. The quantitative estimate of drug-likeness (QED) is 0.223. The van der Waals surface area contributed by atoms with Crippen LogP contribution in [-0.4, -0.2) is 17.5 Å². The van der Waals surface area contributed by atoms with Crippen LogP contribution in [0, 0.1) is 11.8 Å². The summed E-state index contributed by atoms with van der Waals surface area (Å²) in [5.74, 6) is 0.559. The Kier molecular flexibility index (Phi) is 9.35. The predicted molar refractivity (Wildman–Crippen MR) is 107 cm³/mol. The third kappa shape index (κ3) is 6.49. The number of allylic oxidation sites excluding steroid dienone is 1. The molecule has 0 aromatic carbocycles. The van der Waals surface area contributed by atoms with E-state index in [1.165, 1.54) is 64.2 Å². The second kappa shape index (κ2) is 11.2. The lowest BCUT2D eigenvalue weighted by Crippen LogP contribution is -2.52. The first-order valence-corrected chi connectivity index (χ1v) is 11.1. The molecular formula is C23H40O3. The molecular weight excluding hydrogens is 324 g/mol. The van der Waals surface area contributed by atoms with Gasteiger partial charge in [-0.3, -0.25) is 4.79 Å². The molecule has 26 heavy (non-hydrogen) atoms. The van der Waals surface area contributed by atoms with Gasteiger partial charge in [0.25, 0.3) is 0 Å². The van der Waals surface area contributed by atoms with Gasteiger partial charge in [0.05, 0.1) is 0 Å². The monoisotopic (exact) mass is 364 g/mol. The Morgan fingerprint density at radius 3 is 2.31 bits per heavy atom. The molecule has 1 heterocycles. The summed E-state index contributed by atoms with van der Waals surface area (Å²) in [6.45, 7) is 6.29. The molecule has 0 radical (unpaired) electrons. The molecule has 2 fully saturated rings. The van der Waals surface area contributed by atoms with Gasteiger partial charge in [-0.15, -0.1) is 0 Å². The van der Waals surface area contributed by atoms with Crippen molar-refractivity contribution in [2.24, 2.45) is 11.8 Å². The fourth-order valence-electron chi connectivity index (χ4n) is 4.23. The first-order chi connectivity index (χ1) is 12.6. The van der Waals surface area contributed by atoms with E-state index in [9.17, 15) is 4.79 Å². The number of fused-ring (bicyclic) bond motifs is 2. The molecule has 0 amide bonds. The fraction of sp³-hybridized carbons (Fsp3) is 0.870. The number of carbonyl (C=O) groups excluding carboxylic acids is 1. The summed E-state index contributed by atoms with van der Waals surface area (Å²) in [4.78, 5) is 23.4. The van der Waals surface area contributed by atoms with Gasteiger partial charge in [-0.1, -0.05) is 83.8 Å². The van der Waals surface area contributed by atoms with Gasteiger partial charge in [-0.2, -0.15) is 0 Å². The lowest BCUT2D eigenvalue weighted by molar-refractivity contribution is -0.415. The number of ketones is 1. The smallest absolute Gasteiger partial charge is 0.138 e. The van der Waals surface area contributed by atoms with E-state index >= 15 is 0 Å². The molecule has 0 unspecified atom stereocenters. The maximum Gasteiger partial charge on any atom is 0.138 e. The Labute approximate surface area is 160 Å². The normalized spacial score (nSPS) is 31.7. The number of carbonyl (C=O) groups is 1. The van der Waals surface area contributed by atoms with Gasteiger partial charge in [0.15, 0.2) is 0 Å². The summed E-state index contributed by atoms with van der Waals surface area (Å²) < 4.78 is 0. The van der Waals surface area contributed by atoms with Crippen LogP contribution in [0.4, 0.5) is 0 Å². The number of unbranched alkanes of at least 4 members (excludes halogenated alkanes) is 10. The van der Waals surface area contributed by atoms with Crippen molar-refractivity contribution >= 4 is 5.78 Å². The van der Waals surface area contributed by atoms with Crippen LogP contribution < -0.4 is 0 Å². The van der Waals surface area contributed by atoms with Crippen LogP contribution in [0.25, 0.3) is 0 Å². The Bertz CT molecular complexity index is 445. The van der Waals surface area contributed by atoms with E-state index in [4.69, 9.17) is 9.78 Å². The maximum absolute atomic E-state index is 12.1. The van der Waals surface area contributed by atoms with Crippen molar-refractivity contribution in [1.82, 2.24) is 0 Å². The van der Waals surface area contributed by atoms with E-state index in [0.29, 0.717) is 12.2 Å². The molecule has 4 atom stereocenters. The summed E-state index contributed by atoms with van der Waals surface area (Å²) in [5, 5.41) is 0. The van der Waals surface area contributed by atoms with Crippen LogP contribution in [0.5, 0.6) is 0 Å². The summed E-state index contributed by atoms with van der Waals surface area (Å²) in [5.41, 5.74) is -0.440. The Morgan fingerprint density at radius 2 is 1.65 bits per heavy atom. The van der Waals surface area contributed by atoms with E-state index < -0.39 is 5.60 Å². The number of hydrogen-bond acceptors (Lipinski definition) is 3. The zero-order valence-corrected chi connectivity index (χ0v) is 17.3. The fourth-order valence-corrected chi connectivity index (χ4v) is 4.23. The van der Waals surface area contributed by atoms with E-state index in [-0.39, 0.29) is 17.9 Å². The van der Waals surface area contributed by atoms with E-state index in [2.05, 4.69) is 26.0 Å². The molecule has 1 saturated heterocycles. The van der Waals surface area contributed by atoms with Gasteiger partial charge < -0.3 is 0 Å². The molecule has 0 N–H and O–H groups in total. The average molecular weight is 365 g/mol. The summed E-state index contributed by atoms with van der Waals surface area (Å²) in [6, 6.07) is 0. The highest BCUT2D eigenvalue weighted by atomic mass is 17.2. The highest BCUT2D eigenvalue weighted by molar-refractivity contribution is 5.82. The molecule has 0 aromatic heterocycles. The van der Waals surface area contributed by atoms with Gasteiger partial charge in [-0.25, -0.2) is 9.78 Å². The molecule has 1 saturated carbocycles. The van der Waals surface area contributed by atoms with E-state index in [1.807, 2.05) is 6.92 Å². The lowest BCUT2D eigenvalue weighted by Gasteiger charge is -2.45. The standard InChI is InChI=1S/C23H40O3/c1-4-5-6-7-8-9-10-11-12-13-14-15-16-23(3)20-17-21(24)19(2)22(18-20)25-26-23/h15-16,19-20,22H,4-14,17-18H2,1-3H3/t19-,20+,22+,23+/m0/s1. The first kappa shape index (κ1) is 21.6. The highest BCUT2D eigenvalue weighted by Crippen LogP contribution is 2.42. The molecule has 3 heteroatoms. The highest BCUT2D eigenvalue weighted by Gasteiger charge is 2.48. The van der Waals surface area contributed by atoms with Crippen LogP contribution in [-0.2, 0) is 14.6 Å².